The fourth-order valence-electron chi connectivity index (χ4n) is 8.56. The Balaban J connectivity index is 0.000000178. The lowest BCUT2D eigenvalue weighted by molar-refractivity contribution is -0.138. The van der Waals surface area contributed by atoms with Crippen molar-refractivity contribution in [2.45, 2.75) is 51.4 Å². The molecular formula is C52H38Cl4F6N8O2. The summed E-state index contributed by atoms with van der Waals surface area (Å²) in [5.41, 5.74) is 11.8. The summed E-state index contributed by atoms with van der Waals surface area (Å²) >= 11 is 24.5. The Morgan fingerprint density at radius 3 is 1.00 bits per heavy atom. The first-order chi connectivity index (χ1) is 34.2. The second kappa shape index (κ2) is 19.9. The zero-order valence-electron chi connectivity index (χ0n) is 37.7. The lowest BCUT2D eigenvalue weighted by Gasteiger charge is -2.28. The lowest BCUT2D eigenvalue weighted by Crippen LogP contribution is -2.39. The van der Waals surface area contributed by atoms with Gasteiger partial charge in [-0.3, -0.25) is 0 Å². The molecule has 368 valence electrons. The minimum atomic E-state index is -4.43. The number of hydrogen-bond acceptors (Lipinski definition) is 6. The molecule has 2 aromatic heterocycles. The van der Waals surface area contributed by atoms with E-state index in [0.717, 1.165) is 68.8 Å². The number of aromatic nitrogens is 6. The van der Waals surface area contributed by atoms with E-state index in [4.69, 9.17) is 46.4 Å². The third-order valence-corrected chi connectivity index (χ3v) is 13.0. The molecule has 0 spiro atoms. The fourth-order valence-corrected chi connectivity index (χ4v) is 9.07. The maximum atomic E-state index is 13.3. The first kappa shape index (κ1) is 50.0. The summed E-state index contributed by atoms with van der Waals surface area (Å²) in [4.78, 5) is 26.5. The van der Waals surface area contributed by atoms with Gasteiger partial charge in [0.2, 0.25) is 0 Å². The molecule has 10 rings (SSSR count). The number of hydrogen-bond donors (Lipinski definition) is 2. The van der Waals surface area contributed by atoms with Crippen molar-refractivity contribution in [1.82, 2.24) is 28.9 Å². The van der Waals surface area contributed by atoms with Crippen molar-refractivity contribution in [3.05, 3.63) is 243 Å². The molecule has 10 nitrogen and oxygen atoms in total. The van der Waals surface area contributed by atoms with Crippen LogP contribution in [0.1, 0.15) is 70.0 Å². The number of nitrogens with zero attached hydrogens (tertiary/aromatic N) is 6. The largest absolute Gasteiger partial charge is 0.416 e. The first-order valence-corrected chi connectivity index (χ1v) is 23.5. The van der Waals surface area contributed by atoms with Crippen LogP contribution in [-0.2, 0) is 25.4 Å². The minimum absolute atomic E-state index is 0.0111. The summed E-state index contributed by atoms with van der Waals surface area (Å²) in [5, 5.41) is 11.5. The van der Waals surface area contributed by atoms with Gasteiger partial charge in [0.1, 0.15) is 0 Å². The Labute approximate surface area is 426 Å². The molecule has 0 saturated carbocycles. The molecule has 0 saturated heterocycles. The molecule has 72 heavy (non-hydrogen) atoms. The van der Waals surface area contributed by atoms with E-state index in [1.165, 1.54) is 43.0 Å². The van der Waals surface area contributed by atoms with E-state index >= 15 is 0 Å². The number of halogens is 10. The van der Waals surface area contributed by atoms with Crippen LogP contribution in [0.3, 0.4) is 0 Å². The average Bonchev–Trinajstić information content (AvgIpc) is 3.82. The zero-order valence-corrected chi connectivity index (χ0v) is 40.7. The fraction of sp³-hybridized carbons (Fsp3) is 0.154. The van der Waals surface area contributed by atoms with Gasteiger partial charge in [-0.1, -0.05) is 119 Å². The summed E-state index contributed by atoms with van der Waals surface area (Å²) in [7, 11) is 0. The highest BCUT2D eigenvalue weighted by Gasteiger charge is 2.34. The topological polar surface area (TPSA) is 104 Å². The summed E-state index contributed by atoms with van der Waals surface area (Å²) in [5.74, 6) is 0.773. The molecule has 0 aliphatic carbocycles. The predicted octanol–water partition coefficient (Wildman–Crippen LogP) is 12.6. The van der Waals surface area contributed by atoms with Crippen molar-refractivity contribution in [1.29, 1.82) is 0 Å². The monoisotopic (exact) mass is 1060 g/mol. The van der Waals surface area contributed by atoms with Gasteiger partial charge in [0.15, 0.2) is 11.6 Å². The molecule has 4 heterocycles. The highest BCUT2D eigenvalue weighted by Crippen LogP contribution is 2.39. The van der Waals surface area contributed by atoms with Crippen LogP contribution >= 0.6 is 46.4 Å². The summed E-state index contributed by atoms with van der Waals surface area (Å²) < 4.78 is 82.8. The molecule has 0 radical (unpaired) electrons. The third kappa shape index (κ3) is 10.4. The van der Waals surface area contributed by atoms with Crippen LogP contribution in [-0.4, -0.2) is 41.0 Å². The number of benzene rings is 6. The van der Waals surface area contributed by atoms with E-state index in [9.17, 15) is 35.9 Å². The number of rotatable bonds is 8. The van der Waals surface area contributed by atoms with Crippen molar-refractivity contribution in [2.75, 3.05) is 10.9 Å². The van der Waals surface area contributed by atoms with E-state index in [1.54, 1.807) is 48.5 Å². The second-order valence-corrected chi connectivity index (χ2v) is 18.6. The molecule has 2 aliphatic rings. The van der Waals surface area contributed by atoms with Crippen molar-refractivity contribution >= 4 is 68.7 Å². The van der Waals surface area contributed by atoms with Gasteiger partial charge in [0.25, 0.3) is 0 Å². The maximum Gasteiger partial charge on any atom is 0.416 e. The van der Waals surface area contributed by atoms with Crippen LogP contribution in [0.2, 0.25) is 20.1 Å². The molecule has 2 N–H and O–H groups in total. The SMILES string of the molecule is C[C@@H]1Nn2c(nn(Cc3ccc(C(F)(F)F)cc3)c2=O)C(c2ccc(Cl)cc2)=C1c1ccc(Cl)cc1.C[C@H]1Nn2c(nn(Cc3ccc(C(F)(F)F)cc3)c2=O)C(c2ccc(Cl)cc2)=C1c1ccc(Cl)cc1. The molecule has 0 unspecified atom stereocenters. The van der Waals surface area contributed by atoms with Crippen molar-refractivity contribution in [3.8, 4) is 0 Å². The number of nitrogens with one attached hydrogen (secondary N) is 2. The Bertz CT molecular complexity index is 3240. The molecule has 8 aromatic rings. The van der Waals surface area contributed by atoms with Gasteiger partial charge in [-0.05, 0) is 131 Å². The average molecular weight is 1060 g/mol. The van der Waals surface area contributed by atoms with E-state index < -0.39 is 34.9 Å². The third-order valence-electron chi connectivity index (χ3n) is 12.0. The van der Waals surface area contributed by atoms with Crippen LogP contribution in [0.4, 0.5) is 26.3 Å². The van der Waals surface area contributed by atoms with Crippen LogP contribution < -0.4 is 22.2 Å². The van der Waals surface area contributed by atoms with E-state index in [-0.39, 0.29) is 25.2 Å². The lowest BCUT2D eigenvalue weighted by atomic mass is 9.89. The van der Waals surface area contributed by atoms with Gasteiger partial charge in [-0.15, -0.1) is 10.2 Å². The normalized spacial score (nSPS) is 15.6. The second-order valence-electron chi connectivity index (χ2n) is 16.9. The highest BCUT2D eigenvalue weighted by molar-refractivity contribution is 6.31. The van der Waals surface area contributed by atoms with Crippen molar-refractivity contribution in [2.24, 2.45) is 0 Å². The minimum Gasteiger partial charge on any atom is -0.313 e. The van der Waals surface area contributed by atoms with Gasteiger partial charge in [0, 0.05) is 31.2 Å². The summed E-state index contributed by atoms with van der Waals surface area (Å²) in [6, 6.07) is 38.1. The van der Waals surface area contributed by atoms with E-state index in [2.05, 4.69) is 21.0 Å². The quantitative estimate of drug-likeness (QED) is 0.147. The molecular weight excluding hydrogens is 1020 g/mol. The van der Waals surface area contributed by atoms with E-state index in [0.29, 0.717) is 42.9 Å². The van der Waals surface area contributed by atoms with Crippen molar-refractivity contribution in [3.63, 3.8) is 0 Å². The standard InChI is InChI=1S/2C26H19Cl2F3N4O/c2*1-15-22(17-4-10-20(27)11-5-17)23(18-6-12-21(28)13-7-18)24-33-34(25(36)35(24)32-15)14-16-2-8-19(9-3-16)26(29,30)31/h2*2-13,15,32H,14H2,1H3/t2*15-/m10/s1. The van der Waals surface area contributed by atoms with Crippen LogP contribution in [0.25, 0.3) is 22.3 Å². The zero-order chi connectivity index (χ0) is 51.2. The first-order valence-electron chi connectivity index (χ1n) is 22.0. The molecule has 0 amide bonds. The van der Waals surface area contributed by atoms with E-state index in [1.807, 2.05) is 62.4 Å². The van der Waals surface area contributed by atoms with Crippen LogP contribution in [0.5, 0.6) is 0 Å². The highest BCUT2D eigenvalue weighted by atomic mass is 35.5. The van der Waals surface area contributed by atoms with Gasteiger partial charge < -0.3 is 10.9 Å². The molecule has 0 fully saturated rings. The number of fused-ring (bicyclic) bond motifs is 2. The van der Waals surface area contributed by atoms with Gasteiger partial charge in [0.05, 0.1) is 36.3 Å². The Morgan fingerprint density at radius 2 is 0.722 bits per heavy atom. The van der Waals surface area contributed by atoms with Gasteiger partial charge in [-0.2, -0.15) is 35.7 Å². The summed E-state index contributed by atoms with van der Waals surface area (Å²) in [6.45, 7) is 3.89. The smallest absolute Gasteiger partial charge is 0.313 e. The van der Waals surface area contributed by atoms with Crippen molar-refractivity contribution < 1.29 is 26.3 Å². The van der Waals surface area contributed by atoms with Crippen LogP contribution in [0.15, 0.2) is 155 Å². The predicted molar refractivity (Wildman–Crippen MR) is 269 cm³/mol. The van der Waals surface area contributed by atoms with Gasteiger partial charge in [-0.25, -0.2) is 19.0 Å². The number of alkyl halides is 6. The van der Waals surface area contributed by atoms with Crippen LogP contribution in [0, 0.1) is 0 Å². The van der Waals surface area contributed by atoms with Gasteiger partial charge >= 0.3 is 23.7 Å². The molecule has 6 aromatic carbocycles. The summed E-state index contributed by atoms with van der Waals surface area (Å²) in [6.07, 6.45) is -8.86. The Hall–Kier alpha value is -6.98. The Kier molecular flexibility index (Phi) is 13.8. The molecule has 0 bridgehead atoms. The Morgan fingerprint density at radius 1 is 0.444 bits per heavy atom. The molecule has 2 atom stereocenters. The maximum absolute atomic E-state index is 13.3. The molecule has 20 heteroatoms. The molecule has 2 aliphatic heterocycles.